The molecule has 2 atom stereocenters. The first-order valence-electron chi connectivity index (χ1n) is 10.3. The Balaban J connectivity index is 0.00000320. The number of rotatable bonds is 5. The largest absolute Gasteiger partial charge is 0.487 e. The highest BCUT2D eigenvalue weighted by atomic mass is 127. The second-order valence-electron chi connectivity index (χ2n) is 8.53. The summed E-state index contributed by atoms with van der Waals surface area (Å²) in [6.45, 7) is 7.44. The van der Waals surface area contributed by atoms with Crippen LogP contribution in [0.4, 0.5) is 13.2 Å². The van der Waals surface area contributed by atoms with Crippen LogP contribution in [0.25, 0.3) is 0 Å². The monoisotopic (exact) mass is 540 g/mol. The van der Waals surface area contributed by atoms with E-state index in [1.807, 2.05) is 25.1 Å². The Morgan fingerprint density at radius 3 is 2.73 bits per heavy atom. The lowest BCUT2D eigenvalue weighted by Gasteiger charge is -2.38. The molecule has 170 valence electrons. The lowest BCUT2D eigenvalue weighted by Crippen LogP contribution is -2.45. The van der Waals surface area contributed by atoms with E-state index in [0.29, 0.717) is 32.1 Å². The Morgan fingerprint density at radius 1 is 1.30 bits per heavy atom. The van der Waals surface area contributed by atoms with E-state index in [1.165, 1.54) is 4.90 Å². The van der Waals surface area contributed by atoms with Crippen molar-refractivity contribution in [3.8, 4) is 5.75 Å². The van der Waals surface area contributed by atoms with Crippen LogP contribution in [0.1, 0.15) is 45.2 Å². The molecule has 2 heterocycles. The van der Waals surface area contributed by atoms with Gasteiger partial charge in [-0.05, 0) is 45.7 Å². The zero-order valence-electron chi connectivity index (χ0n) is 17.8. The molecular formula is C21H32F3IN4O. The summed E-state index contributed by atoms with van der Waals surface area (Å²) in [7, 11) is 0. The van der Waals surface area contributed by atoms with Crippen molar-refractivity contribution in [3.05, 3.63) is 29.8 Å². The standard InChI is InChI=1S/C21H31F3N4O.HI/c1-4-25-19(26-12-15-9-10-28(13-15)14-21(22,23)24)27-17-11-20(2,3)29-18-8-6-5-7-16(17)18;/h5-8,15,17H,4,9-14H2,1-3H3,(H2,25,26,27);1H. The maximum absolute atomic E-state index is 12.6. The third-order valence-electron chi connectivity index (χ3n) is 5.31. The van der Waals surface area contributed by atoms with Crippen molar-refractivity contribution in [2.45, 2.75) is 51.4 Å². The van der Waals surface area contributed by atoms with Crippen LogP contribution < -0.4 is 15.4 Å². The number of fused-ring (bicyclic) bond motifs is 1. The number of benzene rings is 1. The number of hydrogen-bond acceptors (Lipinski definition) is 3. The van der Waals surface area contributed by atoms with E-state index in [1.54, 1.807) is 0 Å². The number of halogens is 4. The van der Waals surface area contributed by atoms with E-state index in [0.717, 1.165) is 24.2 Å². The van der Waals surface area contributed by atoms with Crippen molar-refractivity contribution in [1.29, 1.82) is 0 Å². The van der Waals surface area contributed by atoms with Crippen molar-refractivity contribution >= 4 is 29.9 Å². The summed E-state index contributed by atoms with van der Waals surface area (Å²) in [5, 5.41) is 6.77. The fourth-order valence-corrected chi connectivity index (χ4v) is 4.10. The van der Waals surface area contributed by atoms with Gasteiger partial charge in [-0.3, -0.25) is 9.89 Å². The molecule has 0 saturated carbocycles. The lowest BCUT2D eigenvalue weighted by atomic mass is 9.90. The van der Waals surface area contributed by atoms with Crippen LogP contribution >= 0.6 is 24.0 Å². The van der Waals surface area contributed by atoms with Crippen LogP contribution in [0.2, 0.25) is 0 Å². The molecular weight excluding hydrogens is 508 g/mol. The molecule has 1 aromatic rings. The van der Waals surface area contributed by atoms with Gasteiger partial charge in [0.25, 0.3) is 0 Å². The number of hydrogen-bond donors (Lipinski definition) is 2. The zero-order chi connectivity index (χ0) is 21.1. The summed E-state index contributed by atoms with van der Waals surface area (Å²) in [5.41, 5.74) is 0.794. The number of nitrogens with zero attached hydrogens (tertiary/aromatic N) is 2. The SMILES string of the molecule is CCNC(=NCC1CCN(CC(F)(F)F)C1)NC1CC(C)(C)Oc2ccccc21.I. The van der Waals surface area contributed by atoms with Gasteiger partial charge in [0, 0.05) is 31.6 Å². The highest BCUT2D eigenvalue weighted by molar-refractivity contribution is 14.0. The first kappa shape index (κ1) is 25.0. The third-order valence-corrected chi connectivity index (χ3v) is 5.31. The molecule has 3 rings (SSSR count). The second kappa shape index (κ2) is 10.4. The molecule has 0 aliphatic carbocycles. The van der Waals surface area contributed by atoms with Crippen LogP contribution in [0, 0.1) is 5.92 Å². The van der Waals surface area contributed by atoms with Gasteiger partial charge in [-0.25, -0.2) is 0 Å². The number of para-hydroxylation sites is 1. The summed E-state index contributed by atoms with van der Waals surface area (Å²) in [6, 6.07) is 8.04. The molecule has 0 radical (unpaired) electrons. The summed E-state index contributed by atoms with van der Waals surface area (Å²) in [4.78, 5) is 6.16. The summed E-state index contributed by atoms with van der Waals surface area (Å²) in [5.74, 6) is 1.71. The van der Waals surface area contributed by atoms with Gasteiger partial charge in [-0.1, -0.05) is 18.2 Å². The van der Waals surface area contributed by atoms with Crippen LogP contribution in [-0.4, -0.2) is 55.4 Å². The Labute approximate surface area is 193 Å². The van der Waals surface area contributed by atoms with Gasteiger partial charge in [-0.2, -0.15) is 13.2 Å². The van der Waals surface area contributed by atoms with Crippen LogP contribution in [0.15, 0.2) is 29.3 Å². The third kappa shape index (κ3) is 7.18. The van der Waals surface area contributed by atoms with Crippen LogP contribution in [-0.2, 0) is 0 Å². The molecule has 30 heavy (non-hydrogen) atoms. The van der Waals surface area contributed by atoms with Crippen molar-refractivity contribution < 1.29 is 17.9 Å². The number of likely N-dealkylation sites (tertiary alicyclic amines) is 1. The number of guanidine groups is 1. The predicted molar refractivity (Wildman–Crippen MR) is 124 cm³/mol. The van der Waals surface area contributed by atoms with Crippen LogP contribution in [0.3, 0.4) is 0 Å². The van der Waals surface area contributed by atoms with Crippen molar-refractivity contribution in [3.63, 3.8) is 0 Å². The molecule has 0 aromatic heterocycles. The highest BCUT2D eigenvalue weighted by Crippen LogP contribution is 2.39. The number of aliphatic imine (C=N–C) groups is 1. The Bertz CT molecular complexity index is 726. The molecule has 9 heteroatoms. The Kier molecular flexibility index (Phi) is 8.67. The fourth-order valence-electron chi connectivity index (χ4n) is 4.10. The number of nitrogens with one attached hydrogen (secondary N) is 2. The van der Waals surface area contributed by atoms with E-state index < -0.39 is 12.7 Å². The average Bonchev–Trinajstić information content (AvgIpc) is 3.04. The molecule has 1 aromatic carbocycles. The fraction of sp³-hybridized carbons (Fsp3) is 0.667. The molecule has 2 aliphatic rings. The van der Waals surface area contributed by atoms with E-state index in [4.69, 9.17) is 4.74 Å². The summed E-state index contributed by atoms with van der Waals surface area (Å²) < 4.78 is 43.9. The Morgan fingerprint density at radius 2 is 2.03 bits per heavy atom. The van der Waals surface area contributed by atoms with E-state index in [2.05, 4.69) is 35.5 Å². The highest BCUT2D eigenvalue weighted by Gasteiger charge is 2.35. The first-order chi connectivity index (χ1) is 13.6. The molecule has 0 bridgehead atoms. The Hall–Kier alpha value is -1.23. The maximum Gasteiger partial charge on any atom is 0.401 e. The predicted octanol–water partition coefficient (Wildman–Crippen LogP) is 4.35. The molecule has 2 unspecified atom stereocenters. The molecule has 1 saturated heterocycles. The zero-order valence-corrected chi connectivity index (χ0v) is 20.1. The van der Waals surface area contributed by atoms with Crippen molar-refractivity contribution in [2.24, 2.45) is 10.9 Å². The van der Waals surface area contributed by atoms with E-state index in [9.17, 15) is 13.2 Å². The minimum atomic E-state index is -4.14. The molecule has 5 nitrogen and oxygen atoms in total. The van der Waals surface area contributed by atoms with Gasteiger partial charge in [0.05, 0.1) is 12.6 Å². The van der Waals surface area contributed by atoms with Gasteiger partial charge >= 0.3 is 6.18 Å². The van der Waals surface area contributed by atoms with Crippen molar-refractivity contribution in [2.75, 3.05) is 32.7 Å². The smallest absolute Gasteiger partial charge is 0.401 e. The normalized spacial score (nSPS) is 23.9. The van der Waals surface area contributed by atoms with Gasteiger partial charge in [0.2, 0.25) is 0 Å². The minimum absolute atomic E-state index is 0. The average molecular weight is 540 g/mol. The minimum Gasteiger partial charge on any atom is -0.487 e. The number of ether oxygens (including phenoxy) is 1. The lowest BCUT2D eigenvalue weighted by molar-refractivity contribution is -0.143. The van der Waals surface area contributed by atoms with Crippen molar-refractivity contribution in [1.82, 2.24) is 15.5 Å². The van der Waals surface area contributed by atoms with E-state index in [-0.39, 0.29) is 41.5 Å². The molecule has 2 aliphatic heterocycles. The topological polar surface area (TPSA) is 48.9 Å². The summed E-state index contributed by atoms with van der Waals surface area (Å²) in [6.07, 6.45) is -2.61. The molecule has 1 fully saturated rings. The van der Waals surface area contributed by atoms with E-state index >= 15 is 0 Å². The first-order valence-corrected chi connectivity index (χ1v) is 10.3. The van der Waals surface area contributed by atoms with Gasteiger partial charge in [0.1, 0.15) is 11.4 Å². The van der Waals surface area contributed by atoms with Gasteiger partial charge < -0.3 is 15.4 Å². The number of alkyl halides is 3. The maximum atomic E-state index is 12.6. The molecule has 0 spiro atoms. The molecule has 0 amide bonds. The van der Waals surface area contributed by atoms with Gasteiger partial charge in [0.15, 0.2) is 5.96 Å². The molecule has 2 N–H and O–H groups in total. The second-order valence-corrected chi connectivity index (χ2v) is 8.53. The quantitative estimate of drug-likeness (QED) is 0.332. The van der Waals surface area contributed by atoms with Gasteiger partial charge in [-0.15, -0.1) is 24.0 Å². The van der Waals surface area contributed by atoms with Crippen LogP contribution in [0.5, 0.6) is 5.75 Å². The summed E-state index contributed by atoms with van der Waals surface area (Å²) >= 11 is 0.